The molecule has 0 aromatic carbocycles. The van der Waals surface area contributed by atoms with Crippen molar-refractivity contribution in [2.75, 3.05) is 13.7 Å². The monoisotopic (exact) mass is 492 g/mol. The van der Waals surface area contributed by atoms with Gasteiger partial charge in [-0.3, -0.25) is 19.6 Å². The van der Waals surface area contributed by atoms with E-state index in [1.165, 1.54) is 13.3 Å². The van der Waals surface area contributed by atoms with Crippen LogP contribution in [0.2, 0.25) is 0 Å². The molecule has 2 aromatic rings. The largest absolute Gasteiger partial charge is 0.453 e. The first kappa shape index (κ1) is 25.4. The Hall–Kier alpha value is -3.74. The van der Waals surface area contributed by atoms with Crippen LogP contribution >= 0.6 is 0 Å². The summed E-state index contributed by atoms with van der Waals surface area (Å²) in [6.45, 7) is 10.1. The molecule has 2 fully saturated rings. The molecular weight excluding hydrogens is 460 g/mol. The Labute approximate surface area is 210 Å². The summed E-state index contributed by atoms with van der Waals surface area (Å²) in [6.07, 6.45) is 4.09. The second-order valence-corrected chi connectivity index (χ2v) is 11.2. The predicted molar refractivity (Wildman–Crippen MR) is 131 cm³/mol. The van der Waals surface area contributed by atoms with Crippen LogP contribution in [0.1, 0.15) is 46.2 Å². The van der Waals surface area contributed by atoms with Gasteiger partial charge in [0.25, 0.3) is 0 Å². The van der Waals surface area contributed by atoms with E-state index in [1.54, 1.807) is 23.4 Å². The highest BCUT2D eigenvalue weighted by Gasteiger charge is 2.69. The number of fused-ring (bicyclic) bond motifs is 2. The van der Waals surface area contributed by atoms with Crippen molar-refractivity contribution in [3.05, 3.63) is 36.3 Å². The number of pyridine rings is 2. The molecular formula is C26H32N6O4. The van der Waals surface area contributed by atoms with E-state index in [4.69, 9.17) is 4.74 Å². The zero-order chi connectivity index (χ0) is 26.4. The molecule has 5 atom stereocenters. The van der Waals surface area contributed by atoms with Crippen molar-refractivity contribution in [2.24, 2.45) is 22.7 Å². The zero-order valence-electron chi connectivity index (χ0n) is 21.4. The first-order chi connectivity index (χ1) is 16.9. The van der Waals surface area contributed by atoms with Crippen LogP contribution in [0.15, 0.2) is 30.7 Å². The van der Waals surface area contributed by atoms with E-state index in [2.05, 4.69) is 40.5 Å². The topological polar surface area (TPSA) is 137 Å². The van der Waals surface area contributed by atoms with Crippen LogP contribution in [0.25, 0.3) is 10.9 Å². The van der Waals surface area contributed by atoms with E-state index < -0.39 is 35.5 Å². The van der Waals surface area contributed by atoms with E-state index in [-0.39, 0.29) is 23.2 Å². The van der Waals surface area contributed by atoms with Crippen molar-refractivity contribution in [3.8, 4) is 6.07 Å². The van der Waals surface area contributed by atoms with E-state index in [0.717, 1.165) is 5.39 Å². The molecule has 2 aliphatic rings. The highest BCUT2D eigenvalue weighted by Crippen LogP contribution is 2.65. The van der Waals surface area contributed by atoms with Crippen LogP contribution in [-0.2, 0) is 14.3 Å². The Balaban J connectivity index is 1.63. The van der Waals surface area contributed by atoms with Gasteiger partial charge in [-0.05, 0) is 34.8 Å². The van der Waals surface area contributed by atoms with Gasteiger partial charge in [0.2, 0.25) is 11.8 Å². The van der Waals surface area contributed by atoms with Gasteiger partial charge in [-0.15, -0.1) is 0 Å². The summed E-state index contributed by atoms with van der Waals surface area (Å²) in [6, 6.07) is 3.11. The van der Waals surface area contributed by atoms with Gasteiger partial charge in [0.05, 0.1) is 18.7 Å². The number of hydrogen-bond acceptors (Lipinski definition) is 7. The number of carbonyl (C=O) groups excluding carboxylic acids is 3. The van der Waals surface area contributed by atoms with E-state index in [0.29, 0.717) is 17.6 Å². The lowest BCUT2D eigenvalue weighted by molar-refractivity contribution is -0.144. The Morgan fingerprint density at radius 1 is 1.25 bits per heavy atom. The number of nitriles is 1. The van der Waals surface area contributed by atoms with Crippen molar-refractivity contribution < 1.29 is 19.1 Å². The molecule has 1 saturated carbocycles. The Bertz CT molecular complexity index is 1240. The highest BCUT2D eigenvalue weighted by atomic mass is 16.5. The normalized spacial score (nSPS) is 23.7. The Morgan fingerprint density at radius 2 is 1.97 bits per heavy atom. The second-order valence-electron chi connectivity index (χ2n) is 11.2. The predicted octanol–water partition coefficient (Wildman–Crippen LogP) is 2.56. The first-order valence-corrected chi connectivity index (χ1v) is 12.0. The van der Waals surface area contributed by atoms with Crippen LogP contribution in [0.3, 0.4) is 0 Å². The molecule has 3 heterocycles. The third kappa shape index (κ3) is 4.34. The lowest BCUT2D eigenvalue weighted by atomic mass is 9.85. The molecule has 2 unspecified atom stereocenters. The summed E-state index contributed by atoms with van der Waals surface area (Å²) in [4.78, 5) is 49.6. The number of nitrogens with zero attached hydrogens (tertiary/aromatic N) is 4. The van der Waals surface area contributed by atoms with Crippen molar-refractivity contribution in [2.45, 2.75) is 52.7 Å². The van der Waals surface area contributed by atoms with E-state index >= 15 is 0 Å². The summed E-state index contributed by atoms with van der Waals surface area (Å²) >= 11 is 0. The lowest BCUT2D eigenvalue weighted by Crippen LogP contribution is -2.59. The third-order valence-electron chi connectivity index (χ3n) is 7.59. The third-order valence-corrected chi connectivity index (χ3v) is 7.59. The maximum Gasteiger partial charge on any atom is 0.407 e. The maximum atomic E-state index is 13.7. The smallest absolute Gasteiger partial charge is 0.407 e. The van der Waals surface area contributed by atoms with Crippen LogP contribution in [-0.4, -0.2) is 58.5 Å². The average Bonchev–Trinajstić information content (AvgIpc) is 3.17. The van der Waals surface area contributed by atoms with E-state index in [1.807, 2.05) is 26.8 Å². The van der Waals surface area contributed by atoms with Crippen molar-refractivity contribution in [3.63, 3.8) is 0 Å². The molecule has 190 valence electrons. The van der Waals surface area contributed by atoms with Gasteiger partial charge in [0, 0.05) is 36.1 Å². The molecule has 0 radical (unpaired) electrons. The molecule has 2 N–H and O–H groups in total. The maximum absolute atomic E-state index is 13.7. The minimum atomic E-state index is -0.993. The lowest BCUT2D eigenvalue weighted by Gasteiger charge is -2.37. The molecule has 1 saturated heterocycles. The van der Waals surface area contributed by atoms with Crippen LogP contribution < -0.4 is 10.6 Å². The molecule has 4 rings (SSSR count). The molecule has 1 aliphatic heterocycles. The Morgan fingerprint density at radius 3 is 2.61 bits per heavy atom. The Kier molecular flexibility index (Phi) is 6.37. The number of amides is 3. The minimum Gasteiger partial charge on any atom is -0.453 e. The number of aromatic nitrogens is 2. The number of nitrogens with one attached hydrogen (secondary N) is 2. The number of rotatable bonds is 5. The molecule has 2 aromatic heterocycles. The molecule has 3 amide bonds. The van der Waals surface area contributed by atoms with Gasteiger partial charge in [-0.2, -0.15) is 5.26 Å². The number of hydrogen-bond donors (Lipinski definition) is 2. The van der Waals surface area contributed by atoms with Gasteiger partial charge < -0.3 is 20.3 Å². The fourth-order valence-electron chi connectivity index (χ4n) is 5.45. The molecule has 0 spiro atoms. The van der Waals surface area contributed by atoms with Crippen molar-refractivity contribution in [1.29, 1.82) is 5.26 Å². The summed E-state index contributed by atoms with van der Waals surface area (Å²) in [7, 11) is 1.24. The van der Waals surface area contributed by atoms with Crippen LogP contribution in [0.4, 0.5) is 4.79 Å². The van der Waals surface area contributed by atoms with Crippen molar-refractivity contribution in [1.82, 2.24) is 25.5 Å². The number of methoxy groups -OCH3 is 1. The first-order valence-electron chi connectivity index (χ1n) is 12.0. The fraction of sp³-hybridized carbons (Fsp3) is 0.538. The van der Waals surface area contributed by atoms with Crippen LogP contribution in [0, 0.1) is 34.0 Å². The summed E-state index contributed by atoms with van der Waals surface area (Å²) in [5.41, 5.74) is 0.338. The second kappa shape index (κ2) is 9.04. The van der Waals surface area contributed by atoms with Gasteiger partial charge in [-0.25, -0.2) is 4.79 Å². The van der Waals surface area contributed by atoms with Gasteiger partial charge in [0.15, 0.2) is 0 Å². The summed E-state index contributed by atoms with van der Waals surface area (Å²) < 4.78 is 4.73. The molecule has 10 nitrogen and oxygen atoms in total. The van der Waals surface area contributed by atoms with Gasteiger partial charge in [-0.1, -0.05) is 34.6 Å². The van der Waals surface area contributed by atoms with E-state index in [9.17, 15) is 19.6 Å². The number of piperidine rings is 1. The number of likely N-dealkylation sites (tertiary alicyclic amines) is 1. The molecule has 1 aliphatic carbocycles. The SMILES string of the molecule is COC(=O)NC(C(=O)N1C[C@H]2[C@@H]([C@H]1C(=O)NC(C#N)c1cncc3cccnc13)C2(C)C)C(C)(C)C. The fourth-order valence-corrected chi connectivity index (χ4v) is 5.45. The van der Waals surface area contributed by atoms with Crippen molar-refractivity contribution >= 4 is 28.8 Å². The van der Waals surface area contributed by atoms with Gasteiger partial charge >= 0.3 is 6.09 Å². The number of carbonyl (C=O) groups is 3. The van der Waals surface area contributed by atoms with Crippen LogP contribution in [0.5, 0.6) is 0 Å². The standard InChI is InChI=1S/C26H32N6O4/c1-25(2,3)21(31-24(35)36-6)23(34)32-13-16-18(26(16,4)5)20(32)22(33)30-17(10-27)15-12-28-11-14-8-7-9-29-19(14)15/h7-9,11-12,16-18,20-21H,13H2,1-6H3,(H,30,33)(H,31,35)/t16-,17?,18-,20-,21?/m0/s1. The molecule has 0 bridgehead atoms. The highest BCUT2D eigenvalue weighted by molar-refractivity contribution is 5.94. The minimum absolute atomic E-state index is 0.0525. The summed E-state index contributed by atoms with van der Waals surface area (Å²) in [5, 5.41) is 16.2. The molecule has 36 heavy (non-hydrogen) atoms. The summed E-state index contributed by atoms with van der Waals surface area (Å²) in [5.74, 6) is -0.662. The van der Waals surface area contributed by atoms with Gasteiger partial charge in [0.1, 0.15) is 18.1 Å². The average molecular weight is 493 g/mol. The number of alkyl carbamates (subject to hydrolysis) is 1. The quantitative estimate of drug-likeness (QED) is 0.654. The zero-order valence-corrected chi connectivity index (χ0v) is 21.4. The molecule has 10 heteroatoms. The number of ether oxygens (including phenoxy) is 1.